The second-order valence-corrected chi connectivity index (χ2v) is 10.4. The van der Waals surface area contributed by atoms with Crippen molar-refractivity contribution < 1.29 is 9.90 Å². The zero-order valence-electron chi connectivity index (χ0n) is 18.1. The van der Waals surface area contributed by atoms with Gasteiger partial charge in [-0.15, -0.1) is 0 Å². The van der Waals surface area contributed by atoms with Crippen molar-refractivity contribution in [1.29, 1.82) is 0 Å². The number of nitrogens with one attached hydrogen (secondary N) is 2. The summed E-state index contributed by atoms with van der Waals surface area (Å²) < 4.78 is 0. The molecule has 0 unspecified atom stereocenters. The average Bonchev–Trinajstić information content (AvgIpc) is 2.71. The van der Waals surface area contributed by atoms with Gasteiger partial charge in [0.1, 0.15) is 0 Å². The van der Waals surface area contributed by atoms with Gasteiger partial charge in [0.15, 0.2) is 0 Å². The van der Waals surface area contributed by atoms with Gasteiger partial charge in [0.2, 0.25) is 0 Å². The van der Waals surface area contributed by atoms with Crippen LogP contribution in [0.4, 0.5) is 0 Å². The van der Waals surface area contributed by atoms with E-state index in [4.69, 9.17) is 11.6 Å². The smallest absolute Gasteiger partial charge is 0.252 e. The summed E-state index contributed by atoms with van der Waals surface area (Å²) in [5.74, 6) is 2.60. The number of benzene rings is 1. The summed E-state index contributed by atoms with van der Waals surface area (Å²) in [6.07, 6.45) is 8.11. The number of nitrogens with zero attached hydrogens (tertiary/aromatic N) is 1. The van der Waals surface area contributed by atoms with Crippen molar-refractivity contribution in [2.24, 2.45) is 23.2 Å². The molecule has 30 heavy (non-hydrogen) atoms. The lowest BCUT2D eigenvalue weighted by atomic mass is 9.49. The highest BCUT2D eigenvalue weighted by Gasteiger charge is 2.50. The lowest BCUT2D eigenvalue weighted by Gasteiger charge is -2.56. The zero-order valence-corrected chi connectivity index (χ0v) is 18.9. The third-order valence-corrected chi connectivity index (χ3v) is 7.89. The van der Waals surface area contributed by atoms with Crippen molar-refractivity contribution in [3.63, 3.8) is 0 Å². The van der Waals surface area contributed by atoms with E-state index in [1.807, 2.05) is 25.2 Å². The van der Waals surface area contributed by atoms with Gasteiger partial charge in [0.25, 0.3) is 5.91 Å². The zero-order chi connectivity index (χ0) is 21.1. The molecule has 4 bridgehead atoms. The third-order valence-electron chi connectivity index (χ3n) is 7.56. The Hall–Kier alpha value is -1.14. The van der Waals surface area contributed by atoms with Gasteiger partial charge in [-0.1, -0.05) is 17.7 Å². The number of amides is 1. The third kappa shape index (κ3) is 5.01. The van der Waals surface area contributed by atoms with Crippen LogP contribution in [0, 0.1) is 23.2 Å². The molecule has 166 valence electrons. The quantitative estimate of drug-likeness (QED) is 0.529. The molecule has 6 heteroatoms. The van der Waals surface area contributed by atoms with E-state index in [-0.39, 0.29) is 12.5 Å². The topological polar surface area (TPSA) is 64.6 Å². The number of halogens is 1. The Balaban J connectivity index is 1.39. The van der Waals surface area contributed by atoms with Crippen LogP contribution in [0.1, 0.15) is 54.4 Å². The Morgan fingerprint density at radius 2 is 1.83 bits per heavy atom. The molecule has 3 N–H and O–H groups in total. The minimum Gasteiger partial charge on any atom is -0.395 e. The van der Waals surface area contributed by atoms with Crippen molar-refractivity contribution in [1.82, 2.24) is 15.5 Å². The first-order chi connectivity index (χ1) is 14.5. The summed E-state index contributed by atoms with van der Waals surface area (Å²) in [6, 6.07) is 5.72. The number of hydrogen-bond donors (Lipinski definition) is 3. The number of rotatable bonds is 10. The van der Waals surface area contributed by atoms with Crippen LogP contribution in [-0.4, -0.2) is 55.7 Å². The standard InChI is InChI=1S/C24H36ClN3O2/c1-26-4-5-28(6-7-29)15-17-2-3-22(25)21(11-17)23(30)27-16-24-12-18-8-19(13-24)10-20(9-18)14-24/h2-3,11,18-20,26,29H,4-10,12-16H2,1H3,(H,27,30). The molecule has 5 rings (SSSR count). The fourth-order valence-electron chi connectivity index (χ4n) is 6.65. The first-order valence-corrected chi connectivity index (χ1v) is 11.9. The number of aliphatic hydroxyl groups excluding tert-OH is 1. The van der Waals surface area contributed by atoms with Crippen molar-refractivity contribution in [2.45, 2.75) is 45.1 Å². The fourth-order valence-corrected chi connectivity index (χ4v) is 6.86. The molecule has 1 aromatic rings. The molecule has 0 aromatic heterocycles. The SMILES string of the molecule is CNCCN(CCO)Cc1ccc(Cl)c(C(=O)NCC23CC4CC(CC(C4)C2)C3)c1. The van der Waals surface area contributed by atoms with E-state index in [9.17, 15) is 9.90 Å². The summed E-state index contributed by atoms with van der Waals surface area (Å²) >= 11 is 6.40. The number of hydrogen-bond acceptors (Lipinski definition) is 4. The fraction of sp³-hybridized carbons (Fsp3) is 0.708. The molecule has 0 radical (unpaired) electrons. The largest absolute Gasteiger partial charge is 0.395 e. The molecular weight excluding hydrogens is 398 g/mol. The summed E-state index contributed by atoms with van der Waals surface area (Å²) in [4.78, 5) is 15.2. The van der Waals surface area contributed by atoms with Gasteiger partial charge in [-0.05, 0) is 86.4 Å². The number of carbonyl (C=O) groups is 1. The highest BCUT2D eigenvalue weighted by Crippen LogP contribution is 2.59. The molecule has 4 aliphatic rings. The Kier molecular flexibility index (Phi) is 7.03. The molecule has 0 heterocycles. The first-order valence-electron chi connectivity index (χ1n) is 11.5. The van der Waals surface area contributed by atoms with E-state index in [0.29, 0.717) is 29.1 Å². The predicted octanol–water partition coefficient (Wildman–Crippen LogP) is 3.30. The highest BCUT2D eigenvalue weighted by atomic mass is 35.5. The maximum absolute atomic E-state index is 13.0. The summed E-state index contributed by atoms with van der Waals surface area (Å²) in [5, 5.41) is 16.2. The van der Waals surface area contributed by atoms with Gasteiger partial charge in [-0.3, -0.25) is 9.69 Å². The van der Waals surface area contributed by atoms with Crippen LogP contribution < -0.4 is 10.6 Å². The molecule has 5 nitrogen and oxygen atoms in total. The van der Waals surface area contributed by atoms with Crippen LogP contribution in [0.15, 0.2) is 18.2 Å². The Bertz CT molecular complexity index is 719. The van der Waals surface area contributed by atoms with Gasteiger partial charge in [-0.2, -0.15) is 0 Å². The Morgan fingerprint density at radius 3 is 2.43 bits per heavy atom. The van der Waals surface area contributed by atoms with Gasteiger partial charge in [0, 0.05) is 32.7 Å². The highest BCUT2D eigenvalue weighted by molar-refractivity contribution is 6.33. The van der Waals surface area contributed by atoms with E-state index in [1.54, 1.807) is 0 Å². The molecule has 0 saturated heterocycles. The average molecular weight is 434 g/mol. The van der Waals surface area contributed by atoms with Crippen LogP contribution in [0.25, 0.3) is 0 Å². The first kappa shape index (κ1) is 22.1. The van der Waals surface area contributed by atoms with Gasteiger partial charge >= 0.3 is 0 Å². The molecule has 0 aliphatic heterocycles. The minimum absolute atomic E-state index is 0.0541. The van der Waals surface area contributed by atoms with Crippen LogP contribution >= 0.6 is 11.6 Å². The van der Waals surface area contributed by atoms with E-state index in [2.05, 4.69) is 15.5 Å². The monoisotopic (exact) mass is 433 g/mol. The van der Waals surface area contributed by atoms with E-state index in [0.717, 1.165) is 43.0 Å². The van der Waals surface area contributed by atoms with E-state index in [1.165, 1.54) is 38.5 Å². The van der Waals surface area contributed by atoms with Crippen molar-refractivity contribution in [3.05, 3.63) is 34.3 Å². The second-order valence-electron chi connectivity index (χ2n) is 10.0. The Labute approximate surface area is 185 Å². The van der Waals surface area contributed by atoms with E-state index < -0.39 is 0 Å². The number of likely N-dealkylation sites (N-methyl/N-ethyl adjacent to an activating group) is 1. The lowest BCUT2D eigenvalue weighted by Crippen LogP contribution is -2.51. The molecule has 0 atom stereocenters. The van der Waals surface area contributed by atoms with Crippen LogP contribution in [0.2, 0.25) is 5.02 Å². The normalized spacial score (nSPS) is 29.5. The summed E-state index contributed by atoms with van der Waals surface area (Å²) in [7, 11) is 1.92. The lowest BCUT2D eigenvalue weighted by molar-refractivity contribution is -0.0503. The van der Waals surface area contributed by atoms with E-state index >= 15 is 0 Å². The Morgan fingerprint density at radius 1 is 1.17 bits per heavy atom. The predicted molar refractivity (Wildman–Crippen MR) is 121 cm³/mol. The molecular formula is C24H36ClN3O2. The molecule has 0 spiro atoms. The van der Waals surface area contributed by atoms with Crippen molar-refractivity contribution >= 4 is 17.5 Å². The molecule has 4 aliphatic carbocycles. The summed E-state index contributed by atoms with van der Waals surface area (Å²) in [5.41, 5.74) is 1.93. The van der Waals surface area contributed by atoms with Gasteiger partial charge in [-0.25, -0.2) is 0 Å². The van der Waals surface area contributed by atoms with Gasteiger partial charge < -0.3 is 15.7 Å². The van der Waals surface area contributed by atoms with Crippen molar-refractivity contribution in [2.75, 3.05) is 39.8 Å². The van der Waals surface area contributed by atoms with Crippen LogP contribution in [0.3, 0.4) is 0 Å². The van der Waals surface area contributed by atoms with Crippen LogP contribution in [0.5, 0.6) is 0 Å². The maximum atomic E-state index is 13.0. The number of carbonyl (C=O) groups excluding carboxylic acids is 1. The van der Waals surface area contributed by atoms with Gasteiger partial charge in [0.05, 0.1) is 17.2 Å². The molecule has 4 saturated carbocycles. The second kappa shape index (κ2) is 9.56. The minimum atomic E-state index is -0.0541. The summed E-state index contributed by atoms with van der Waals surface area (Å²) in [6.45, 7) is 3.90. The molecule has 4 fully saturated rings. The molecule has 1 aromatic carbocycles. The van der Waals surface area contributed by atoms with Crippen molar-refractivity contribution in [3.8, 4) is 0 Å². The van der Waals surface area contributed by atoms with Crippen LogP contribution in [-0.2, 0) is 6.54 Å². The number of aliphatic hydroxyl groups is 1. The molecule has 1 amide bonds. The maximum Gasteiger partial charge on any atom is 0.252 e.